The van der Waals surface area contributed by atoms with Gasteiger partial charge in [-0.05, 0) is 42.7 Å². The molecule has 0 aliphatic carbocycles. The lowest BCUT2D eigenvalue weighted by Gasteiger charge is -2.14. The number of guanidine groups is 1. The number of hydrogen-bond acceptors (Lipinski definition) is 5. The Morgan fingerprint density at radius 1 is 1.23 bits per heavy atom. The van der Waals surface area contributed by atoms with Crippen molar-refractivity contribution in [3.05, 3.63) is 59.9 Å². The topological polar surface area (TPSA) is 77.0 Å². The molecule has 1 atom stereocenters. The van der Waals surface area contributed by atoms with Gasteiger partial charge in [0.2, 0.25) is 0 Å². The van der Waals surface area contributed by atoms with Crippen LogP contribution in [0.4, 0.5) is 0 Å². The van der Waals surface area contributed by atoms with Crippen LogP contribution < -0.4 is 15.4 Å². The van der Waals surface area contributed by atoms with Gasteiger partial charge < -0.3 is 24.8 Å². The highest BCUT2D eigenvalue weighted by molar-refractivity contribution is 14.0. The Bertz CT molecular complexity index is 755. The highest BCUT2D eigenvalue weighted by Gasteiger charge is 2.15. The van der Waals surface area contributed by atoms with Gasteiger partial charge in [0.05, 0.1) is 18.4 Å². The molecule has 1 fully saturated rings. The smallest absolute Gasteiger partial charge is 0.191 e. The summed E-state index contributed by atoms with van der Waals surface area (Å²) in [6.07, 6.45) is 3.96. The van der Waals surface area contributed by atoms with E-state index in [1.807, 2.05) is 36.4 Å². The molecule has 8 heteroatoms. The van der Waals surface area contributed by atoms with E-state index < -0.39 is 0 Å². The van der Waals surface area contributed by atoms with Crippen LogP contribution in [-0.2, 0) is 22.6 Å². The zero-order valence-corrected chi connectivity index (χ0v) is 19.7. The predicted molar refractivity (Wildman–Crippen MR) is 128 cm³/mol. The molecule has 0 spiro atoms. The van der Waals surface area contributed by atoms with Crippen LogP contribution in [0.5, 0.6) is 5.75 Å². The summed E-state index contributed by atoms with van der Waals surface area (Å²) in [5, 5.41) is 6.64. The van der Waals surface area contributed by atoms with Crippen molar-refractivity contribution in [2.75, 3.05) is 33.4 Å². The average Bonchev–Trinajstić information content (AvgIpc) is 3.29. The second-order valence-electron chi connectivity index (χ2n) is 6.82. The second-order valence-corrected chi connectivity index (χ2v) is 6.82. The molecule has 1 unspecified atom stereocenters. The third-order valence-corrected chi connectivity index (χ3v) is 4.55. The molecular formula is C22H31IN4O3. The molecule has 0 saturated carbocycles. The number of aromatic nitrogens is 1. The quantitative estimate of drug-likeness (QED) is 0.215. The van der Waals surface area contributed by atoms with Gasteiger partial charge in [0.25, 0.3) is 0 Å². The third kappa shape index (κ3) is 8.85. The lowest BCUT2D eigenvalue weighted by atomic mass is 10.2. The van der Waals surface area contributed by atoms with Gasteiger partial charge >= 0.3 is 0 Å². The van der Waals surface area contributed by atoms with Gasteiger partial charge in [0.1, 0.15) is 12.4 Å². The fraction of sp³-hybridized carbons (Fsp3) is 0.455. The molecular weight excluding hydrogens is 495 g/mol. The van der Waals surface area contributed by atoms with Crippen LogP contribution >= 0.6 is 24.0 Å². The third-order valence-electron chi connectivity index (χ3n) is 4.55. The van der Waals surface area contributed by atoms with Gasteiger partial charge in [-0.2, -0.15) is 0 Å². The van der Waals surface area contributed by atoms with E-state index in [0.29, 0.717) is 13.2 Å². The molecule has 3 rings (SSSR count). The highest BCUT2D eigenvalue weighted by Crippen LogP contribution is 2.14. The van der Waals surface area contributed by atoms with E-state index >= 15 is 0 Å². The Kier molecular flexibility index (Phi) is 11.5. The molecule has 1 aliphatic rings. The number of nitrogens with one attached hydrogen (secondary N) is 2. The molecule has 2 N–H and O–H groups in total. The number of pyridine rings is 1. The van der Waals surface area contributed by atoms with Crippen LogP contribution in [0, 0.1) is 0 Å². The molecule has 0 radical (unpaired) electrons. The Labute approximate surface area is 195 Å². The van der Waals surface area contributed by atoms with Crippen LogP contribution in [0.15, 0.2) is 53.7 Å². The first-order chi connectivity index (χ1) is 14.3. The number of ether oxygens (including phenoxy) is 3. The van der Waals surface area contributed by atoms with Crippen molar-refractivity contribution in [2.45, 2.75) is 32.1 Å². The van der Waals surface area contributed by atoms with Crippen LogP contribution in [0.1, 0.15) is 24.1 Å². The first kappa shape index (κ1) is 24.4. The maximum atomic E-state index is 5.84. The molecule has 30 heavy (non-hydrogen) atoms. The molecule has 164 valence electrons. The van der Waals surface area contributed by atoms with E-state index in [-0.39, 0.29) is 30.1 Å². The van der Waals surface area contributed by atoms with Gasteiger partial charge in [0, 0.05) is 39.5 Å². The first-order valence-electron chi connectivity index (χ1n) is 10.1. The van der Waals surface area contributed by atoms with Gasteiger partial charge in [-0.15, -0.1) is 24.0 Å². The standard InChI is InChI=1S/C22H30N4O3.HI/c1-23-22(25-11-5-12-28-21-9-13-27-17-21)26-15-18-6-4-8-20(14-18)29-16-19-7-2-3-10-24-19;/h2-4,6-8,10,14,21H,5,9,11-13,15-17H2,1H3,(H2,23,25,26);1H. The van der Waals surface area contributed by atoms with Crippen molar-refractivity contribution in [1.82, 2.24) is 15.6 Å². The molecule has 0 bridgehead atoms. The molecule has 0 amide bonds. The van der Waals surface area contributed by atoms with Crippen LogP contribution in [-0.4, -0.2) is 50.5 Å². The molecule has 1 aromatic heterocycles. The Morgan fingerprint density at radius 3 is 2.93 bits per heavy atom. The molecule has 1 aliphatic heterocycles. The lowest BCUT2D eigenvalue weighted by molar-refractivity contribution is 0.0420. The summed E-state index contributed by atoms with van der Waals surface area (Å²) in [4.78, 5) is 8.55. The maximum Gasteiger partial charge on any atom is 0.191 e. The summed E-state index contributed by atoms with van der Waals surface area (Å²) in [6, 6.07) is 13.8. The minimum Gasteiger partial charge on any atom is -0.487 e. The summed E-state index contributed by atoms with van der Waals surface area (Å²) in [6.45, 7) is 4.19. The zero-order valence-electron chi connectivity index (χ0n) is 17.4. The van der Waals surface area contributed by atoms with E-state index in [1.165, 1.54) is 0 Å². The van der Waals surface area contributed by atoms with Gasteiger partial charge in [-0.3, -0.25) is 9.98 Å². The average molecular weight is 526 g/mol. The molecule has 2 aromatic rings. The summed E-state index contributed by atoms with van der Waals surface area (Å²) in [5.74, 6) is 1.60. The fourth-order valence-corrected chi connectivity index (χ4v) is 2.97. The predicted octanol–water partition coefficient (Wildman–Crippen LogP) is 3.14. The van der Waals surface area contributed by atoms with E-state index in [0.717, 1.165) is 62.2 Å². The SMILES string of the molecule is CN=C(NCCCOC1CCOC1)NCc1cccc(OCc2ccccn2)c1.I. The molecule has 1 aromatic carbocycles. The van der Waals surface area contributed by atoms with E-state index in [1.54, 1.807) is 13.2 Å². The Hall–Kier alpha value is -1.91. The molecule has 2 heterocycles. The largest absolute Gasteiger partial charge is 0.487 e. The lowest BCUT2D eigenvalue weighted by Crippen LogP contribution is -2.37. The van der Waals surface area contributed by atoms with Crippen molar-refractivity contribution in [3.8, 4) is 5.75 Å². The minimum atomic E-state index is 0. The van der Waals surface area contributed by atoms with Gasteiger partial charge in [-0.25, -0.2) is 0 Å². The molecule has 1 saturated heterocycles. The van der Waals surface area contributed by atoms with E-state index in [2.05, 4.69) is 26.7 Å². The van der Waals surface area contributed by atoms with Crippen molar-refractivity contribution in [1.29, 1.82) is 0 Å². The Balaban J connectivity index is 0.00000320. The van der Waals surface area contributed by atoms with Crippen LogP contribution in [0.2, 0.25) is 0 Å². The van der Waals surface area contributed by atoms with Crippen molar-refractivity contribution < 1.29 is 14.2 Å². The number of halogens is 1. The monoisotopic (exact) mass is 526 g/mol. The summed E-state index contributed by atoms with van der Waals surface area (Å²) in [5.41, 5.74) is 2.03. The summed E-state index contributed by atoms with van der Waals surface area (Å²) >= 11 is 0. The first-order valence-corrected chi connectivity index (χ1v) is 10.1. The Morgan fingerprint density at radius 2 is 2.17 bits per heavy atom. The maximum absolute atomic E-state index is 5.84. The normalized spacial score (nSPS) is 16.0. The minimum absolute atomic E-state index is 0. The van der Waals surface area contributed by atoms with Gasteiger partial charge in [0.15, 0.2) is 5.96 Å². The van der Waals surface area contributed by atoms with Crippen molar-refractivity contribution in [3.63, 3.8) is 0 Å². The van der Waals surface area contributed by atoms with Crippen LogP contribution in [0.25, 0.3) is 0 Å². The van der Waals surface area contributed by atoms with E-state index in [9.17, 15) is 0 Å². The number of aliphatic imine (C=N–C) groups is 1. The van der Waals surface area contributed by atoms with Crippen molar-refractivity contribution in [2.24, 2.45) is 4.99 Å². The summed E-state index contributed by atoms with van der Waals surface area (Å²) in [7, 11) is 1.77. The zero-order chi connectivity index (χ0) is 20.2. The number of nitrogens with zero attached hydrogens (tertiary/aromatic N) is 2. The van der Waals surface area contributed by atoms with Crippen LogP contribution in [0.3, 0.4) is 0 Å². The highest BCUT2D eigenvalue weighted by atomic mass is 127. The van der Waals surface area contributed by atoms with Gasteiger partial charge in [-0.1, -0.05) is 18.2 Å². The number of benzene rings is 1. The van der Waals surface area contributed by atoms with E-state index in [4.69, 9.17) is 14.2 Å². The fourth-order valence-electron chi connectivity index (χ4n) is 2.97. The number of rotatable bonds is 10. The summed E-state index contributed by atoms with van der Waals surface area (Å²) < 4.78 is 16.9. The second kappa shape index (κ2) is 14.2. The van der Waals surface area contributed by atoms with Crippen molar-refractivity contribution >= 4 is 29.9 Å². The number of hydrogen-bond donors (Lipinski definition) is 2. The molecule has 7 nitrogen and oxygen atoms in total.